The summed E-state index contributed by atoms with van der Waals surface area (Å²) in [5.41, 5.74) is 1.76. The molecule has 1 aromatic heterocycles. The molecule has 0 radical (unpaired) electrons. The first-order valence-electron chi connectivity index (χ1n) is 6.16. The fourth-order valence-electron chi connectivity index (χ4n) is 2.50. The third-order valence-electron chi connectivity index (χ3n) is 3.36. The molecule has 3 atom stereocenters. The van der Waals surface area contributed by atoms with Crippen molar-refractivity contribution in [2.75, 3.05) is 0 Å². The zero-order valence-electron chi connectivity index (χ0n) is 10.0. The molecule has 1 aliphatic rings. The summed E-state index contributed by atoms with van der Waals surface area (Å²) in [5, 5.41) is 17.6. The fourth-order valence-corrected chi connectivity index (χ4v) is 4.59. The highest BCUT2D eigenvalue weighted by molar-refractivity contribution is 8.01. The van der Waals surface area contributed by atoms with E-state index in [4.69, 9.17) is 0 Å². The number of nitrogens with zero attached hydrogens (tertiary/aromatic N) is 3. The van der Waals surface area contributed by atoms with Crippen LogP contribution in [0.4, 0.5) is 0 Å². The molecule has 0 saturated heterocycles. The molecule has 1 fully saturated rings. The Hall–Kier alpha value is -0.600. The molecular weight excluding hydrogens is 250 g/mol. The Balaban J connectivity index is 1.98. The maximum absolute atomic E-state index is 9.21. The largest absolute Gasteiger partial charge is 0.198 e. The third-order valence-corrected chi connectivity index (χ3v) is 5.52. The topological polar surface area (TPSA) is 49.6 Å². The van der Waals surface area contributed by atoms with Crippen molar-refractivity contribution >= 4 is 23.1 Å². The van der Waals surface area contributed by atoms with Gasteiger partial charge in [-0.05, 0) is 25.2 Å². The van der Waals surface area contributed by atoms with Crippen molar-refractivity contribution in [2.45, 2.75) is 48.6 Å². The molecule has 0 amide bonds. The minimum absolute atomic E-state index is 0.192. The van der Waals surface area contributed by atoms with Crippen LogP contribution in [0.1, 0.15) is 39.0 Å². The molecule has 0 aromatic carbocycles. The van der Waals surface area contributed by atoms with Gasteiger partial charge in [-0.1, -0.05) is 42.9 Å². The van der Waals surface area contributed by atoms with Crippen molar-refractivity contribution < 1.29 is 0 Å². The molecule has 3 unspecified atom stereocenters. The highest BCUT2D eigenvalue weighted by atomic mass is 32.2. The van der Waals surface area contributed by atoms with Crippen molar-refractivity contribution in [2.24, 2.45) is 11.8 Å². The first-order chi connectivity index (χ1) is 8.33. The molecular formula is C12H17N3S2. The van der Waals surface area contributed by atoms with E-state index in [1.54, 1.807) is 28.6 Å². The Kier molecular flexibility index (Phi) is 4.81. The van der Waals surface area contributed by atoms with Crippen LogP contribution in [0.15, 0.2) is 9.85 Å². The molecule has 1 saturated carbocycles. The molecule has 0 N–H and O–H groups in total. The van der Waals surface area contributed by atoms with Crippen LogP contribution in [0.25, 0.3) is 0 Å². The second-order valence-corrected chi connectivity index (χ2v) is 6.88. The third kappa shape index (κ3) is 3.43. The molecule has 5 heteroatoms. The summed E-state index contributed by atoms with van der Waals surface area (Å²) >= 11 is 3.33. The van der Waals surface area contributed by atoms with Gasteiger partial charge in [-0.15, -0.1) is 10.2 Å². The second-order valence-electron chi connectivity index (χ2n) is 4.56. The van der Waals surface area contributed by atoms with Crippen LogP contribution >= 0.6 is 23.1 Å². The average Bonchev–Trinajstić information content (AvgIpc) is 2.83. The van der Waals surface area contributed by atoms with Crippen molar-refractivity contribution in [1.29, 1.82) is 5.26 Å². The standard InChI is InChI=1S/C12H17N3S2/c1-2-3-9-4-5-10(7-13)11(6-9)17-12-15-14-8-16-12/h8-11H,2-6H2,1H3. The zero-order chi connectivity index (χ0) is 12.1. The van der Waals surface area contributed by atoms with E-state index >= 15 is 0 Å². The Morgan fingerprint density at radius 3 is 3.12 bits per heavy atom. The fraction of sp³-hybridized carbons (Fsp3) is 0.750. The van der Waals surface area contributed by atoms with Crippen LogP contribution in [-0.2, 0) is 0 Å². The number of aromatic nitrogens is 2. The van der Waals surface area contributed by atoms with Crippen LogP contribution in [0.3, 0.4) is 0 Å². The highest BCUT2D eigenvalue weighted by Gasteiger charge is 2.31. The molecule has 0 aliphatic heterocycles. The van der Waals surface area contributed by atoms with Crippen molar-refractivity contribution in [3.05, 3.63) is 5.51 Å². The normalized spacial score (nSPS) is 28.8. The molecule has 92 valence electrons. The van der Waals surface area contributed by atoms with Gasteiger partial charge < -0.3 is 0 Å². The highest BCUT2D eigenvalue weighted by Crippen LogP contribution is 2.41. The lowest BCUT2D eigenvalue weighted by Gasteiger charge is -2.31. The second kappa shape index (κ2) is 6.36. The van der Waals surface area contributed by atoms with E-state index in [2.05, 4.69) is 23.2 Å². The monoisotopic (exact) mass is 267 g/mol. The summed E-state index contributed by atoms with van der Waals surface area (Å²) in [6.45, 7) is 2.24. The summed E-state index contributed by atoms with van der Waals surface area (Å²) in [7, 11) is 0. The van der Waals surface area contributed by atoms with Gasteiger partial charge in [0.15, 0.2) is 4.34 Å². The minimum atomic E-state index is 0.192. The Morgan fingerprint density at radius 1 is 1.59 bits per heavy atom. The molecule has 2 rings (SSSR count). The van der Waals surface area contributed by atoms with Gasteiger partial charge in [0.2, 0.25) is 0 Å². The SMILES string of the molecule is CCCC1CCC(C#N)C(Sc2nncs2)C1. The minimum Gasteiger partial charge on any atom is -0.198 e. The van der Waals surface area contributed by atoms with Crippen molar-refractivity contribution in [3.8, 4) is 6.07 Å². The van der Waals surface area contributed by atoms with E-state index in [1.165, 1.54) is 19.3 Å². The lowest BCUT2D eigenvalue weighted by Crippen LogP contribution is -2.26. The van der Waals surface area contributed by atoms with Gasteiger partial charge in [0.1, 0.15) is 5.51 Å². The van der Waals surface area contributed by atoms with Crippen molar-refractivity contribution in [1.82, 2.24) is 10.2 Å². The summed E-state index contributed by atoms with van der Waals surface area (Å²) in [6, 6.07) is 2.46. The van der Waals surface area contributed by atoms with E-state index in [1.807, 2.05) is 0 Å². The van der Waals surface area contributed by atoms with E-state index in [0.717, 1.165) is 23.1 Å². The molecule has 3 nitrogen and oxygen atoms in total. The summed E-state index contributed by atoms with van der Waals surface area (Å²) in [5.74, 6) is 0.993. The van der Waals surface area contributed by atoms with E-state index in [-0.39, 0.29) is 5.92 Å². The first kappa shape index (κ1) is 12.8. The van der Waals surface area contributed by atoms with Gasteiger partial charge in [-0.3, -0.25) is 0 Å². The molecule has 0 spiro atoms. The Morgan fingerprint density at radius 2 is 2.47 bits per heavy atom. The van der Waals surface area contributed by atoms with Gasteiger partial charge in [0.25, 0.3) is 0 Å². The summed E-state index contributed by atoms with van der Waals surface area (Å²) in [6.07, 6.45) is 5.98. The molecule has 17 heavy (non-hydrogen) atoms. The molecule has 0 bridgehead atoms. The summed E-state index contributed by atoms with van der Waals surface area (Å²) < 4.78 is 1.01. The van der Waals surface area contributed by atoms with Gasteiger partial charge in [0.05, 0.1) is 12.0 Å². The predicted octanol–water partition coefficient (Wildman–Crippen LogP) is 3.74. The van der Waals surface area contributed by atoms with Crippen molar-refractivity contribution in [3.63, 3.8) is 0 Å². The van der Waals surface area contributed by atoms with Gasteiger partial charge in [-0.25, -0.2) is 0 Å². The quantitative estimate of drug-likeness (QED) is 0.834. The molecule has 1 heterocycles. The Bertz CT molecular complexity index is 372. The number of nitriles is 1. The predicted molar refractivity (Wildman–Crippen MR) is 70.9 cm³/mol. The lowest BCUT2D eigenvalue weighted by atomic mass is 9.80. The van der Waals surface area contributed by atoms with Gasteiger partial charge in [-0.2, -0.15) is 5.26 Å². The van der Waals surface area contributed by atoms with Gasteiger partial charge in [0, 0.05) is 5.25 Å². The maximum atomic E-state index is 9.21. The average molecular weight is 267 g/mol. The number of thioether (sulfide) groups is 1. The lowest BCUT2D eigenvalue weighted by molar-refractivity contribution is 0.307. The first-order valence-corrected chi connectivity index (χ1v) is 7.91. The maximum Gasteiger partial charge on any atom is 0.174 e. The van der Waals surface area contributed by atoms with E-state index in [0.29, 0.717) is 5.25 Å². The molecule has 1 aromatic rings. The number of hydrogen-bond acceptors (Lipinski definition) is 5. The van der Waals surface area contributed by atoms with Crippen LogP contribution in [0.2, 0.25) is 0 Å². The number of hydrogen-bond donors (Lipinski definition) is 0. The van der Waals surface area contributed by atoms with E-state index in [9.17, 15) is 5.26 Å². The smallest absolute Gasteiger partial charge is 0.174 e. The van der Waals surface area contributed by atoms with Crippen LogP contribution in [0.5, 0.6) is 0 Å². The summed E-state index contributed by atoms with van der Waals surface area (Å²) in [4.78, 5) is 0. The van der Waals surface area contributed by atoms with Crippen LogP contribution in [-0.4, -0.2) is 15.4 Å². The van der Waals surface area contributed by atoms with Gasteiger partial charge >= 0.3 is 0 Å². The Labute approximate surface area is 111 Å². The zero-order valence-corrected chi connectivity index (χ0v) is 11.6. The van der Waals surface area contributed by atoms with Crippen LogP contribution < -0.4 is 0 Å². The molecule has 1 aliphatic carbocycles. The van der Waals surface area contributed by atoms with E-state index < -0.39 is 0 Å². The van der Waals surface area contributed by atoms with Crippen LogP contribution in [0, 0.1) is 23.2 Å². The number of rotatable bonds is 4.